The molecule has 2 saturated heterocycles. The molecule has 1 atom stereocenters. The fraction of sp³-hybridized carbons (Fsp3) is 0.650. The van der Waals surface area contributed by atoms with Crippen LogP contribution in [0.15, 0.2) is 24.3 Å². The van der Waals surface area contributed by atoms with Crippen LogP contribution in [-0.4, -0.2) is 50.2 Å². The highest BCUT2D eigenvalue weighted by molar-refractivity contribution is 5.74. The van der Waals surface area contributed by atoms with E-state index in [-0.39, 0.29) is 6.03 Å². The third-order valence-electron chi connectivity index (χ3n) is 5.34. The molecule has 0 saturated carbocycles. The summed E-state index contributed by atoms with van der Waals surface area (Å²) in [6.07, 6.45) is 4.92. The molecule has 5 heteroatoms. The van der Waals surface area contributed by atoms with Gasteiger partial charge in [0.25, 0.3) is 0 Å². The number of carbonyl (C=O) groups excluding carboxylic acids is 1. The number of anilines is 1. The van der Waals surface area contributed by atoms with Crippen molar-refractivity contribution in [3.8, 4) is 0 Å². The van der Waals surface area contributed by atoms with Crippen molar-refractivity contribution >= 4 is 11.7 Å². The Labute approximate surface area is 151 Å². The van der Waals surface area contributed by atoms with Gasteiger partial charge in [0, 0.05) is 38.4 Å². The Morgan fingerprint density at radius 3 is 2.76 bits per heavy atom. The molecule has 25 heavy (non-hydrogen) atoms. The van der Waals surface area contributed by atoms with Gasteiger partial charge in [-0.25, -0.2) is 4.79 Å². The lowest BCUT2D eigenvalue weighted by atomic mass is 10.1. The van der Waals surface area contributed by atoms with Crippen LogP contribution < -0.4 is 15.5 Å². The van der Waals surface area contributed by atoms with E-state index in [0.29, 0.717) is 12.5 Å². The van der Waals surface area contributed by atoms with Crippen LogP contribution in [0.25, 0.3) is 0 Å². The van der Waals surface area contributed by atoms with Gasteiger partial charge in [-0.3, -0.25) is 0 Å². The number of likely N-dealkylation sites (tertiary alicyclic amines) is 1. The molecule has 0 radical (unpaired) electrons. The van der Waals surface area contributed by atoms with Crippen molar-refractivity contribution in [3.05, 3.63) is 29.8 Å². The van der Waals surface area contributed by atoms with Gasteiger partial charge in [-0.05, 0) is 56.3 Å². The van der Waals surface area contributed by atoms with Gasteiger partial charge in [-0.15, -0.1) is 0 Å². The number of carbonyl (C=O) groups is 1. The van der Waals surface area contributed by atoms with Crippen LogP contribution in [0.3, 0.4) is 0 Å². The molecule has 2 aliphatic heterocycles. The third-order valence-corrected chi connectivity index (χ3v) is 5.34. The average molecular weight is 345 g/mol. The minimum atomic E-state index is -0.0508. The zero-order valence-electron chi connectivity index (χ0n) is 15.5. The molecule has 0 bridgehead atoms. The molecule has 2 aliphatic rings. The van der Waals surface area contributed by atoms with Crippen molar-refractivity contribution in [1.82, 2.24) is 15.5 Å². The smallest absolute Gasteiger partial charge is 0.315 e. The van der Waals surface area contributed by atoms with Gasteiger partial charge in [0.15, 0.2) is 0 Å². The van der Waals surface area contributed by atoms with E-state index in [0.717, 1.165) is 26.2 Å². The van der Waals surface area contributed by atoms with Crippen molar-refractivity contribution in [2.24, 2.45) is 5.92 Å². The quantitative estimate of drug-likeness (QED) is 0.800. The van der Waals surface area contributed by atoms with E-state index < -0.39 is 0 Å². The lowest BCUT2D eigenvalue weighted by Crippen LogP contribution is -2.38. The summed E-state index contributed by atoms with van der Waals surface area (Å²) in [5.41, 5.74) is 2.47. The number of rotatable bonds is 7. The minimum Gasteiger partial charge on any atom is -0.371 e. The van der Waals surface area contributed by atoms with Crippen LogP contribution in [0, 0.1) is 5.92 Å². The molecular weight excluding hydrogens is 312 g/mol. The van der Waals surface area contributed by atoms with E-state index in [1.54, 1.807) is 0 Å². The molecule has 3 rings (SSSR count). The Bertz CT molecular complexity index is 556. The van der Waals surface area contributed by atoms with Crippen molar-refractivity contribution in [2.75, 3.05) is 44.2 Å². The summed E-state index contributed by atoms with van der Waals surface area (Å²) >= 11 is 0. The van der Waals surface area contributed by atoms with Crippen LogP contribution in [0.2, 0.25) is 0 Å². The minimum absolute atomic E-state index is 0.0508. The van der Waals surface area contributed by atoms with E-state index in [1.807, 2.05) is 0 Å². The van der Waals surface area contributed by atoms with Crippen LogP contribution >= 0.6 is 0 Å². The van der Waals surface area contributed by atoms with Crippen LogP contribution in [0.1, 0.15) is 38.2 Å². The molecule has 2 N–H and O–H groups in total. The summed E-state index contributed by atoms with van der Waals surface area (Å²) in [4.78, 5) is 17.1. The third kappa shape index (κ3) is 5.11. The summed E-state index contributed by atoms with van der Waals surface area (Å²) in [5.74, 6) is 0.592. The van der Waals surface area contributed by atoms with E-state index in [9.17, 15) is 4.79 Å². The fourth-order valence-corrected chi connectivity index (χ4v) is 4.00. The highest BCUT2D eigenvalue weighted by atomic mass is 16.2. The fourth-order valence-electron chi connectivity index (χ4n) is 4.00. The number of urea groups is 1. The van der Waals surface area contributed by atoms with Crippen molar-refractivity contribution in [1.29, 1.82) is 0 Å². The number of para-hydroxylation sites is 1. The van der Waals surface area contributed by atoms with Gasteiger partial charge in [-0.1, -0.05) is 25.1 Å². The Balaban J connectivity index is 1.42. The number of amides is 2. The molecule has 5 nitrogen and oxygen atoms in total. The Kier molecular flexibility index (Phi) is 6.56. The number of nitrogens with zero attached hydrogens (tertiary/aromatic N) is 2. The maximum Gasteiger partial charge on any atom is 0.315 e. The molecule has 1 aromatic rings. The zero-order valence-corrected chi connectivity index (χ0v) is 15.5. The van der Waals surface area contributed by atoms with Gasteiger partial charge in [0.05, 0.1) is 0 Å². The molecule has 138 valence electrons. The molecule has 1 aromatic carbocycles. The normalized spacial score (nSPS) is 20.8. The molecule has 0 aliphatic carbocycles. The van der Waals surface area contributed by atoms with E-state index in [2.05, 4.69) is 51.6 Å². The Morgan fingerprint density at radius 2 is 1.96 bits per heavy atom. The number of hydrogen-bond acceptors (Lipinski definition) is 3. The summed E-state index contributed by atoms with van der Waals surface area (Å²) in [5, 5.41) is 6.09. The maximum absolute atomic E-state index is 12.2. The van der Waals surface area contributed by atoms with Gasteiger partial charge < -0.3 is 20.4 Å². The zero-order chi connectivity index (χ0) is 17.5. The number of nitrogens with one attached hydrogen (secondary N) is 2. The lowest BCUT2D eigenvalue weighted by molar-refractivity contribution is 0.238. The van der Waals surface area contributed by atoms with E-state index >= 15 is 0 Å². The highest BCUT2D eigenvalue weighted by Gasteiger charge is 2.22. The first-order chi connectivity index (χ1) is 12.3. The summed E-state index contributed by atoms with van der Waals surface area (Å²) in [6.45, 7) is 9.30. The van der Waals surface area contributed by atoms with E-state index in [1.165, 1.54) is 50.0 Å². The predicted molar refractivity (Wildman–Crippen MR) is 103 cm³/mol. The van der Waals surface area contributed by atoms with Gasteiger partial charge >= 0.3 is 6.03 Å². The standard InChI is InChI=1S/C20H32N4O/c1-2-10-23-13-9-17(16-23)14-21-20(25)22-15-18-7-3-4-8-19(18)24-11-5-6-12-24/h3-4,7-8,17H,2,5-6,9-16H2,1H3,(H2,21,22,25). The van der Waals surface area contributed by atoms with Crippen LogP contribution in [0.5, 0.6) is 0 Å². The predicted octanol–water partition coefficient (Wildman–Crippen LogP) is 2.82. The second-order valence-corrected chi connectivity index (χ2v) is 7.34. The van der Waals surface area contributed by atoms with Crippen molar-refractivity contribution < 1.29 is 4.79 Å². The van der Waals surface area contributed by atoms with Gasteiger partial charge in [-0.2, -0.15) is 0 Å². The summed E-state index contributed by atoms with van der Waals surface area (Å²) < 4.78 is 0. The van der Waals surface area contributed by atoms with Gasteiger partial charge in [0.2, 0.25) is 0 Å². The molecule has 2 heterocycles. The lowest BCUT2D eigenvalue weighted by Gasteiger charge is -2.21. The molecule has 2 fully saturated rings. The second-order valence-electron chi connectivity index (χ2n) is 7.34. The first-order valence-corrected chi connectivity index (χ1v) is 9.83. The second kappa shape index (κ2) is 9.09. The first-order valence-electron chi connectivity index (χ1n) is 9.83. The molecule has 2 amide bonds. The molecule has 0 aromatic heterocycles. The summed E-state index contributed by atoms with van der Waals surface area (Å²) in [7, 11) is 0. The molecule has 0 spiro atoms. The SMILES string of the molecule is CCCN1CCC(CNC(=O)NCc2ccccc2N2CCCC2)C1. The van der Waals surface area contributed by atoms with Crippen LogP contribution in [0.4, 0.5) is 10.5 Å². The van der Waals surface area contributed by atoms with Crippen molar-refractivity contribution in [2.45, 2.75) is 39.2 Å². The topological polar surface area (TPSA) is 47.6 Å². The average Bonchev–Trinajstić information content (AvgIpc) is 3.31. The highest BCUT2D eigenvalue weighted by Crippen LogP contribution is 2.24. The molecular formula is C20H32N4O. The largest absolute Gasteiger partial charge is 0.371 e. The number of hydrogen-bond donors (Lipinski definition) is 2. The van der Waals surface area contributed by atoms with Crippen molar-refractivity contribution in [3.63, 3.8) is 0 Å². The Hall–Kier alpha value is -1.75. The number of benzene rings is 1. The first kappa shape index (κ1) is 18.1. The molecule has 1 unspecified atom stereocenters. The maximum atomic E-state index is 12.2. The van der Waals surface area contributed by atoms with E-state index in [4.69, 9.17) is 0 Å². The monoisotopic (exact) mass is 344 g/mol. The Morgan fingerprint density at radius 1 is 1.16 bits per heavy atom. The van der Waals surface area contributed by atoms with Gasteiger partial charge in [0.1, 0.15) is 0 Å². The van der Waals surface area contributed by atoms with Crippen LogP contribution in [-0.2, 0) is 6.54 Å². The summed E-state index contributed by atoms with van der Waals surface area (Å²) in [6, 6.07) is 8.37.